The number of aliphatic carboxylic acids is 1. The van der Waals surface area contributed by atoms with Gasteiger partial charge in [0, 0.05) is 62.5 Å². The smallest absolute Gasteiger partial charge is 0.397 e. The molecule has 1 amide bonds. The van der Waals surface area contributed by atoms with E-state index in [1.165, 1.54) is 57.2 Å². The molecule has 14 N–H and O–H groups in total. The van der Waals surface area contributed by atoms with Crippen molar-refractivity contribution in [2.75, 3.05) is 6.54 Å². The van der Waals surface area contributed by atoms with Crippen LogP contribution >= 0.6 is 0 Å². The van der Waals surface area contributed by atoms with Gasteiger partial charge in [0.15, 0.2) is 0 Å². The van der Waals surface area contributed by atoms with Crippen LogP contribution in [0.25, 0.3) is 0 Å². The van der Waals surface area contributed by atoms with E-state index in [4.69, 9.17) is 9.29 Å². The number of unbranched alkanes of at least 4 members (excludes halogenated alkanes) is 1. The van der Waals surface area contributed by atoms with Gasteiger partial charge in [-0.25, -0.2) is 8.98 Å². The van der Waals surface area contributed by atoms with E-state index in [1.807, 2.05) is 31.2 Å². The molecule has 0 heterocycles. The van der Waals surface area contributed by atoms with Crippen LogP contribution in [0.4, 0.5) is 0 Å². The molecule has 0 fully saturated rings. The van der Waals surface area contributed by atoms with E-state index in [2.05, 4.69) is 5.32 Å². The highest BCUT2D eigenvalue weighted by Crippen LogP contribution is 2.22. The molecule has 0 spiro atoms. The lowest BCUT2D eigenvalue weighted by molar-refractivity contribution is -0.132. The average molecular weight is 1230 g/mol. The van der Waals surface area contributed by atoms with E-state index in [9.17, 15) is 83.5 Å². The number of carbonyl (C=O) groups is 3. The fourth-order valence-corrected chi connectivity index (χ4v) is 8.91. The highest BCUT2D eigenvalue weighted by Gasteiger charge is 2.30. The maximum Gasteiger partial charge on any atom is 0.397 e. The van der Waals surface area contributed by atoms with E-state index in [0.717, 1.165) is 12.8 Å². The molecule has 0 aliphatic heterocycles. The summed E-state index contributed by atoms with van der Waals surface area (Å²) in [4.78, 5) is 34.8. The van der Waals surface area contributed by atoms with Gasteiger partial charge in [0.1, 0.15) is 5.78 Å². The van der Waals surface area contributed by atoms with Crippen LogP contribution in [-0.2, 0) is 29.0 Å². The number of aliphatic hydroxyl groups is 11. The number of hydrogen-bond donors (Lipinski definition) is 14. The second kappa shape index (κ2) is 48.6. The van der Waals surface area contributed by atoms with Crippen LogP contribution in [0.5, 0.6) is 0 Å². The Kier molecular flexibility index (Phi) is 45.6. The highest BCUT2D eigenvalue weighted by atomic mass is 32.3. The van der Waals surface area contributed by atoms with Crippen LogP contribution in [0.1, 0.15) is 131 Å². The zero-order chi connectivity index (χ0) is 64.9. The molecule has 0 aliphatic carbocycles. The lowest BCUT2D eigenvalue weighted by atomic mass is 9.88. The Morgan fingerprint density at radius 1 is 0.500 bits per heavy atom. The molecule has 21 heteroatoms. The lowest BCUT2D eigenvalue weighted by Gasteiger charge is -2.25. The van der Waals surface area contributed by atoms with E-state index >= 15 is 0 Å². The Bertz CT molecular complexity index is 2400. The third kappa shape index (κ3) is 45.9. The predicted octanol–water partition coefficient (Wildman–Crippen LogP) is 6.31. The van der Waals surface area contributed by atoms with E-state index in [1.54, 1.807) is 98.1 Å². The Morgan fingerprint density at radius 2 is 0.953 bits per heavy atom. The summed E-state index contributed by atoms with van der Waals surface area (Å²) in [6.07, 6.45) is 32.2. The minimum absolute atomic E-state index is 0.0234. The molecule has 0 aromatic rings. The van der Waals surface area contributed by atoms with Crippen molar-refractivity contribution in [3.8, 4) is 0 Å². The quantitative estimate of drug-likeness (QED) is 0.0104. The van der Waals surface area contributed by atoms with Crippen LogP contribution in [0.15, 0.2) is 157 Å². The van der Waals surface area contributed by atoms with Crippen molar-refractivity contribution < 1.29 is 92.8 Å². The summed E-state index contributed by atoms with van der Waals surface area (Å²) in [5, 5.41) is 126. The summed E-state index contributed by atoms with van der Waals surface area (Å²) in [6, 6.07) is 0. The molecule has 0 radical (unpaired) electrons. The van der Waals surface area contributed by atoms with Crippen LogP contribution in [-0.4, -0.2) is 172 Å². The standard InChI is InChI=1S/C65H101NO19S/c1-47(29-21-17-13-12-14-18-22-30-48(2)65(80)81)64(79)50(4)61(77)38-23-19-15-10-8-6-7-9-11-16-20-24-39-63(85-86(82,83)84)49(3)62(78)46-60(76)45-57(73)36-27-32-53(69)41-52(68)31-25-34-55(71)43-59(75)44-56(72)35-26-33-54(70)42-58(74)37-28-40-66-51(5)67/h6-12,14-16,18-23,25-27,29-31,35-36,38,47,49-50,52-61,63-64,68-77,79H,13,17,24,28,32-34,37,39-46H2,1-5H3,(H,66,67)(H,80,81)(H,82,83,84)/b7-6+,10-8+,11-9+,14-12+,19-15+,20-16+,22-18+,29-21+,31-25+,35-26+,36-27+,38-23+,48-30+. The van der Waals surface area contributed by atoms with E-state index < -0.39 is 114 Å². The molecule has 0 saturated carbocycles. The number of amides is 1. The molecular weight excluding hydrogens is 1130 g/mol. The first-order valence-electron chi connectivity index (χ1n) is 29.4. The van der Waals surface area contributed by atoms with Gasteiger partial charge in [0.05, 0.1) is 73.2 Å². The van der Waals surface area contributed by atoms with Gasteiger partial charge in [0.2, 0.25) is 5.91 Å². The van der Waals surface area contributed by atoms with Crippen LogP contribution in [0.3, 0.4) is 0 Å². The fraction of sp³-hybridized carbons (Fsp3) is 0.554. The molecule has 15 atom stereocenters. The zero-order valence-corrected chi connectivity index (χ0v) is 51.4. The number of carbonyl (C=O) groups excluding carboxylic acids is 2. The summed E-state index contributed by atoms with van der Waals surface area (Å²) in [6.45, 7) is 8.43. The van der Waals surface area contributed by atoms with Gasteiger partial charge in [-0.15, -0.1) is 0 Å². The predicted molar refractivity (Wildman–Crippen MR) is 334 cm³/mol. The van der Waals surface area contributed by atoms with Crippen LogP contribution in [0, 0.1) is 17.8 Å². The number of allylic oxidation sites excluding steroid dienone is 17. The maximum atomic E-state index is 13.1. The summed E-state index contributed by atoms with van der Waals surface area (Å²) < 4.78 is 37.5. The summed E-state index contributed by atoms with van der Waals surface area (Å²) in [7, 11) is -4.93. The normalized spacial score (nSPS) is 18.9. The number of Topliss-reactive ketones (excluding diaryl/α,β-unsaturated/α-hetero) is 1. The molecule has 20 nitrogen and oxygen atoms in total. The van der Waals surface area contributed by atoms with Crippen LogP contribution in [0.2, 0.25) is 0 Å². The SMILES string of the molecule is CC(=O)NCCCC(O)CC(O)C/C=C/C(O)CC(O)CC(O)C/C=C/C(O)CC(O)C/C=C/C(O)CC(O)CC(=O)C(C)C(CC/C=C/C=C/C=C/C=C/C=C/C=C/C(O)C(C)C(O)C(C)/C=C/CC/C=C/C=C/C=C(\C)C(=O)O)OS(=O)(=O)O. The molecular formula is C65H101NO19S. The molecule has 0 bridgehead atoms. The second-order valence-corrected chi connectivity index (χ2v) is 22.6. The zero-order valence-electron chi connectivity index (χ0n) is 50.6. The summed E-state index contributed by atoms with van der Waals surface area (Å²) in [5.41, 5.74) is 0.252. The monoisotopic (exact) mass is 1230 g/mol. The average Bonchev–Trinajstić information content (AvgIpc) is 3.63. The first kappa shape index (κ1) is 80.7. The first-order valence-corrected chi connectivity index (χ1v) is 30.8. The third-order valence-electron chi connectivity index (χ3n) is 13.4. The van der Waals surface area contributed by atoms with Crippen molar-refractivity contribution in [2.45, 2.75) is 204 Å². The number of ketones is 1. The number of carboxylic acid groups (broad SMARTS) is 1. The van der Waals surface area contributed by atoms with Crippen molar-refractivity contribution in [1.29, 1.82) is 0 Å². The Hall–Kier alpha value is -5.34. The number of carboxylic acids is 1. The highest BCUT2D eigenvalue weighted by molar-refractivity contribution is 7.80. The third-order valence-corrected chi connectivity index (χ3v) is 13.9. The van der Waals surface area contributed by atoms with Crippen molar-refractivity contribution in [3.63, 3.8) is 0 Å². The van der Waals surface area contributed by atoms with Crippen molar-refractivity contribution in [3.05, 3.63) is 157 Å². The molecule has 15 unspecified atom stereocenters. The van der Waals surface area contributed by atoms with Crippen LogP contribution < -0.4 is 5.32 Å². The fourth-order valence-electron chi connectivity index (χ4n) is 8.34. The Labute approximate surface area is 510 Å². The largest absolute Gasteiger partial charge is 0.478 e. The van der Waals surface area contributed by atoms with Gasteiger partial charge >= 0.3 is 16.4 Å². The van der Waals surface area contributed by atoms with Crippen molar-refractivity contribution >= 4 is 28.1 Å². The topological polar surface area (TPSA) is 370 Å². The summed E-state index contributed by atoms with van der Waals surface area (Å²) >= 11 is 0. The van der Waals surface area contributed by atoms with Gasteiger partial charge < -0.3 is 66.6 Å². The van der Waals surface area contributed by atoms with Gasteiger partial charge in [-0.05, 0) is 77.6 Å². The van der Waals surface area contributed by atoms with Gasteiger partial charge in [-0.3, -0.25) is 14.1 Å². The van der Waals surface area contributed by atoms with Gasteiger partial charge in [-0.2, -0.15) is 8.42 Å². The van der Waals surface area contributed by atoms with Gasteiger partial charge in [-0.1, -0.05) is 173 Å². The number of nitrogens with one attached hydrogen (secondary N) is 1. The van der Waals surface area contributed by atoms with Crippen molar-refractivity contribution in [2.24, 2.45) is 17.8 Å². The molecule has 0 rings (SSSR count). The number of aliphatic hydroxyl groups excluding tert-OH is 11. The molecule has 0 aromatic heterocycles. The second-order valence-electron chi connectivity index (χ2n) is 21.5. The lowest BCUT2D eigenvalue weighted by Crippen LogP contribution is -2.33. The summed E-state index contributed by atoms with van der Waals surface area (Å²) in [5.74, 6) is -3.33. The molecule has 0 aromatic carbocycles. The van der Waals surface area contributed by atoms with E-state index in [-0.39, 0.29) is 81.6 Å². The Morgan fingerprint density at radius 3 is 1.48 bits per heavy atom. The van der Waals surface area contributed by atoms with E-state index in [0.29, 0.717) is 19.4 Å². The first-order chi connectivity index (χ1) is 40.6. The van der Waals surface area contributed by atoms with Gasteiger partial charge in [0.25, 0.3) is 0 Å². The molecule has 486 valence electrons. The number of hydrogen-bond acceptors (Lipinski definition) is 17. The minimum Gasteiger partial charge on any atom is -0.478 e. The Balaban J connectivity index is 4.74. The minimum atomic E-state index is -4.93. The number of rotatable bonds is 48. The molecule has 86 heavy (non-hydrogen) atoms. The maximum absolute atomic E-state index is 13.1. The molecule has 0 aliphatic rings. The van der Waals surface area contributed by atoms with Crippen molar-refractivity contribution in [1.82, 2.24) is 5.32 Å². The molecule has 0 saturated heterocycles.